The number of likely N-dealkylation sites (tertiary alicyclic amines) is 1. The lowest BCUT2D eigenvalue weighted by molar-refractivity contribution is -0.142. The molecule has 1 atom stereocenters. The summed E-state index contributed by atoms with van der Waals surface area (Å²) in [5.41, 5.74) is -0.509. The standard InChI is InChI=1S/C15H29N3O3/c1-15(2,3)12(13(19)20)16-14(21)18-8-6-11(7-9-18)10-17(4)5/h11-12H,6-10H2,1-5H3,(H,16,21)(H,19,20)/t12-/m0/s1. The molecule has 1 rings (SSSR count). The maximum atomic E-state index is 12.2. The van der Waals surface area contributed by atoms with Crippen LogP contribution < -0.4 is 5.32 Å². The average molecular weight is 299 g/mol. The zero-order valence-electron chi connectivity index (χ0n) is 13.8. The van der Waals surface area contributed by atoms with Crippen molar-refractivity contribution in [2.75, 3.05) is 33.7 Å². The summed E-state index contributed by atoms with van der Waals surface area (Å²) in [6, 6.07) is -1.13. The number of urea groups is 1. The van der Waals surface area contributed by atoms with Crippen molar-refractivity contribution >= 4 is 12.0 Å². The number of piperidine rings is 1. The van der Waals surface area contributed by atoms with Crippen molar-refractivity contribution in [2.24, 2.45) is 11.3 Å². The number of hydrogen-bond acceptors (Lipinski definition) is 3. The molecule has 21 heavy (non-hydrogen) atoms. The normalized spacial score (nSPS) is 18.7. The summed E-state index contributed by atoms with van der Waals surface area (Å²) in [7, 11) is 4.11. The summed E-state index contributed by atoms with van der Waals surface area (Å²) in [5.74, 6) is -0.375. The van der Waals surface area contributed by atoms with E-state index < -0.39 is 17.4 Å². The molecular formula is C15H29N3O3. The molecule has 0 saturated carbocycles. The van der Waals surface area contributed by atoms with Crippen molar-refractivity contribution < 1.29 is 14.7 Å². The van der Waals surface area contributed by atoms with Crippen LogP contribution in [0.1, 0.15) is 33.6 Å². The van der Waals surface area contributed by atoms with Gasteiger partial charge < -0.3 is 20.2 Å². The van der Waals surface area contributed by atoms with Crippen LogP contribution >= 0.6 is 0 Å². The predicted molar refractivity (Wildman–Crippen MR) is 82.3 cm³/mol. The van der Waals surface area contributed by atoms with Crippen LogP contribution in [0.2, 0.25) is 0 Å². The number of amides is 2. The molecule has 0 aromatic carbocycles. The van der Waals surface area contributed by atoms with Gasteiger partial charge in [-0.2, -0.15) is 0 Å². The van der Waals surface area contributed by atoms with Gasteiger partial charge in [-0.05, 0) is 38.3 Å². The summed E-state index contributed by atoms with van der Waals surface area (Å²) in [6.07, 6.45) is 1.94. The molecule has 6 nitrogen and oxygen atoms in total. The molecule has 0 spiro atoms. The first-order valence-corrected chi connectivity index (χ1v) is 7.54. The van der Waals surface area contributed by atoms with E-state index in [1.807, 2.05) is 20.8 Å². The van der Waals surface area contributed by atoms with Crippen LogP contribution in [-0.2, 0) is 4.79 Å². The van der Waals surface area contributed by atoms with Crippen molar-refractivity contribution in [3.8, 4) is 0 Å². The number of carboxylic acid groups (broad SMARTS) is 1. The van der Waals surface area contributed by atoms with Crippen molar-refractivity contribution in [3.05, 3.63) is 0 Å². The summed E-state index contributed by atoms with van der Waals surface area (Å²) >= 11 is 0. The lowest BCUT2D eigenvalue weighted by Gasteiger charge is -2.35. The Morgan fingerprint density at radius 1 is 1.29 bits per heavy atom. The predicted octanol–water partition coefficient (Wildman–Crippen LogP) is 1.47. The second-order valence-corrected chi connectivity index (χ2v) is 7.28. The Balaban J connectivity index is 2.52. The van der Waals surface area contributed by atoms with E-state index in [9.17, 15) is 14.7 Å². The molecule has 122 valence electrons. The molecule has 0 unspecified atom stereocenters. The summed E-state index contributed by atoms with van der Waals surface area (Å²) in [4.78, 5) is 27.4. The molecule has 0 aromatic heterocycles. The minimum absolute atomic E-state index is 0.263. The summed E-state index contributed by atoms with van der Waals surface area (Å²) in [6.45, 7) is 7.87. The third kappa shape index (κ3) is 5.53. The zero-order chi connectivity index (χ0) is 16.2. The fourth-order valence-corrected chi connectivity index (χ4v) is 2.70. The second-order valence-electron chi connectivity index (χ2n) is 7.28. The third-order valence-corrected chi connectivity index (χ3v) is 3.91. The second kappa shape index (κ2) is 7.11. The maximum Gasteiger partial charge on any atom is 0.326 e. The monoisotopic (exact) mass is 299 g/mol. The molecule has 1 aliphatic heterocycles. The number of nitrogens with zero attached hydrogens (tertiary/aromatic N) is 2. The molecule has 6 heteroatoms. The van der Waals surface area contributed by atoms with E-state index in [-0.39, 0.29) is 6.03 Å². The highest BCUT2D eigenvalue weighted by Crippen LogP contribution is 2.21. The molecule has 0 aliphatic carbocycles. The highest BCUT2D eigenvalue weighted by Gasteiger charge is 2.34. The van der Waals surface area contributed by atoms with Gasteiger partial charge in [0.2, 0.25) is 0 Å². The molecule has 1 saturated heterocycles. The van der Waals surface area contributed by atoms with Gasteiger partial charge in [-0.15, -0.1) is 0 Å². The van der Waals surface area contributed by atoms with E-state index >= 15 is 0 Å². The highest BCUT2D eigenvalue weighted by molar-refractivity contribution is 5.83. The highest BCUT2D eigenvalue weighted by atomic mass is 16.4. The van der Waals surface area contributed by atoms with Crippen LogP contribution in [0.25, 0.3) is 0 Å². The molecule has 0 bridgehead atoms. The van der Waals surface area contributed by atoms with Crippen LogP contribution in [0, 0.1) is 11.3 Å². The molecule has 1 heterocycles. The van der Waals surface area contributed by atoms with Gasteiger partial charge in [-0.3, -0.25) is 0 Å². The maximum absolute atomic E-state index is 12.2. The fraction of sp³-hybridized carbons (Fsp3) is 0.867. The van der Waals surface area contributed by atoms with Gasteiger partial charge in [-0.1, -0.05) is 20.8 Å². The minimum Gasteiger partial charge on any atom is -0.480 e. The SMILES string of the molecule is CN(C)CC1CCN(C(=O)N[C@@H](C(=O)O)C(C)(C)C)CC1. The third-order valence-electron chi connectivity index (χ3n) is 3.91. The van der Waals surface area contributed by atoms with Gasteiger partial charge in [0, 0.05) is 19.6 Å². The molecule has 0 radical (unpaired) electrons. The van der Waals surface area contributed by atoms with Crippen molar-refractivity contribution in [1.29, 1.82) is 0 Å². The van der Waals surface area contributed by atoms with Crippen LogP contribution in [0.15, 0.2) is 0 Å². The van der Waals surface area contributed by atoms with Gasteiger partial charge in [0.15, 0.2) is 0 Å². The van der Waals surface area contributed by atoms with Crippen LogP contribution in [0.4, 0.5) is 4.79 Å². The van der Waals surface area contributed by atoms with E-state index in [1.54, 1.807) is 4.90 Å². The van der Waals surface area contributed by atoms with Crippen LogP contribution in [-0.4, -0.2) is 66.7 Å². The number of hydrogen-bond donors (Lipinski definition) is 2. The molecule has 1 aliphatic rings. The van der Waals surface area contributed by atoms with E-state index in [4.69, 9.17) is 0 Å². The van der Waals surface area contributed by atoms with E-state index in [0.29, 0.717) is 19.0 Å². The Bertz CT molecular complexity index is 369. The molecular weight excluding hydrogens is 270 g/mol. The number of rotatable bonds is 4. The number of carbonyl (C=O) groups is 2. The smallest absolute Gasteiger partial charge is 0.326 e. The largest absolute Gasteiger partial charge is 0.480 e. The quantitative estimate of drug-likeness (QED) is 0.824. The van der Waals surface area contributed by atoms with Gasteiger partial charge in [0.25, 0.3) is 0 Å². The van der Waals surface area contributed by atoms with Gasteiger partial charge in [-0.25, -0.2) is 9.59 Å². The molecule has 2 N–H and O–H groups in total. The van der Waals surface area contributed by atoms with Crippen molar-refractivity contribution in [2.45, 2.75) is 39.7 Å². The van der Waals surface area contributed by atoms with E-state index in [0.717, 1.165) is 19.4 Å². The molecule has 2 amide bonds. The van der Waals surface area contributed by atoms with Gasteiger partial charge >= 0.3 is 12.0 Å². The van der Waals surface area contributed by atoms with Crippen LogP contribution in [0.3, 0.4) is 0 Å². The van der Waals surface area contributed by atoms with E-state index in [1.165, 1.54) is 0 Å². The van der Waals surface area contributed by atoms with Gasteiger partial charge in [0.05, 0.1) is 0 Å². The Morgan fingerprint density at radius 3 is 2.19 bits per heavy atom. The lowest BCUT2D eigenvalue weighted by atomic mass is 9.87. The first-order valence-electron chi connectivity index (χ1n) is 7.54. The van der Waals surface area contributed by atoms with Crippen LogP contribution in [0.5, 0.6) is 0 Å². The number of nitrogens with one attached hydrogen (secondary N) is 1. The Hall–Kier alpha value is -1.30. The van der Waals surface area contributed by atoms with Crippen molar-refractivity contribution in [3.63, 3.8) is 0 Å². The Kier molecular flexibility index (Phi) is 6.01. The number of aliphatic carboxylic acids is 1. The first kappa shape index (κ1) is 17.8. The summed E-state index contributed by atoms with van der Waals surface area (Å²) in [5, 5.41) is 11.9. The number of carbonyl (C=O) groups excluding carboxylic acids is 1. The Morgan fingerprint density at radius 2 is 1.81 bits per heavy atom. The summed E-state index contributed by atoms with van der Waals surface area (Å²) < 4.78 is 0. The lowest BCUT2D eigenvalue weighted by Crippen LogP contribution is -2.54. The fourth-order valence-electron chi connectivity index (χ4n) is 2.70. The molecule has 0 aromatic rings. The molecule has 1 fully saturated rings. The average Bonchev–Trinajstić information content (AvgIpc) is 2.34. The van der Waals surface area contributed by atoms with Crippen molar-refractivity contribution in [1.82, 2.24) is 15.1 Å². The topological polar surface area (TPSA) is 72.9 Å². The minimum atomic E-state index is -0.988. The van der Waals surface area contributed by atoms with Gasteiger partial charge in [0.1, 0.15) is 6.04 Å². The zero-order valence-corrected chi connectivity index (χ0v) is 13.8. The first-order chi connectivity index (χ1) is 9.61. The van der Waals surface area contributed by atoms with E-state index in [2.05, 4.69) is 24.3 Å². The number of carboxylic acids is 1. The Labute approximate surface area is 127 Å².